The quantitative estimate of drug-likeness (QED) is 0.569. The molecule has 1 rings (SSSR count). The lowest BCUT2D eigenvalue weighted by Gasteiger charge is -2.11. The Kier molecular flexibility index (Phi) is 7.50. The largest absolute Gasteiger partial charge is 0.491 e. The Morgan fingerprint density at radius 1 is 1.36 bits per heavy atom. The van der Waals surface area contributed by atoms with E-state index in [9.17, 15) is 4.79 Å². The number of hydrogen-bond donors (Lipinski definition) is 2. The molecule has 4 heteroatoms. The second-order valence-electron chi connectivity index (χ2n) is 5.98. The van der Waals surface area contributed by atoms with Crippen LogP contribution >= 0.6 is 0 Å². The number of amides is 1. The fraction of sp³-hybridized carbons (Fsp3) is 0.500. The maximum Gasteiger partial charge on any atom is 0.244 e. The topological polar surface area (TPSA) is 64.3 Å². The van der Waals surface area contributed by atoms with Gasteiger partial charge in [0.1, 0.15) is 5.75 Å². The number of nitrogen functional groups attached to an aromatic ring is 1. The summed E-state index contributed by atoms with van der Waals surface area (Å²) in [5, 5.41) is 2.88. The number of hydrogen-bond acceptors (Lipinski definition) is 3. The lowest BCUT2D eigenvalue weighted by Crippen LogP contribution is -2.30. The van der Waals surface area contributed by atoms with Gasteiger partial charge in [-0.1, -0.05) is 26.8 Å². The molecule has 0 radical (unpaired) electrons. The Labute approximate surface area is 133 Å². The van der Waals surface area contributed by atoms with E-state index in [0.29, 0.717) is 24.0 Å². The molecule has 0 bridgehead atoms. The Bertz CT molecular complexity index is 510. The number of rotatable bonds is 8. The van der Waals surface area contributed by atoms with Gasteiger partial charge in [-0.2, -0.15) is 0 Å². The predicted octanol–water partition coefficient (Wildman–Crippen LogP) is 3.62. The Hall–Kier alpha value is -1.97. The number of carbonyl (C=O) groups excluding carboxylic acids is 1. The van der Waals surface area contributed by atoms with Gasteiger partial charge in [0, 0.05) is 12.1 Å². The molecule has 0 fully saturated rings. The SMILES string of the molecule is CCC(C)NC(=O)/C=C\c1ccc(OCCC(C)C)c(N)c1. The minimum atomic E-state index is -0.0924. The molecule has 1 aromatic carbocycles. The summed E-state index contributed by atoms with van der Waals surface area (Å²) in [5.74, 6) is 1.21. The highest BCUT2D eigenvalue weighted by molar-refractivity contribution is 5.92. The van der Waals surface area contributed by atoms with E-state index in [4.69, 9.17) is 10.5 Å². The Balaban J connectivity index is 2.59. The van der Waals surface area contributed by atoms with Crippen molar-refractivity contribution >= 4 is 17.7 Å². The van der Waals surface area contributed by atoms with E-state index in [1.807, 2.05) is 32.0 Å². The van der Waals surface area contributed by atoms with Crippen LogP contribution < -0.4 is 15.8 Å². The molecule has 0 aromatic heterocycles. The van der Waals surface area contributed by atoms with Gasteiger partial charge in [-0.3, -0.25) is 4.79 Å². The molecule has 0 aliphatic rings. The van der Waals surface area contributed by atoms with Crippen LogP contribution in [0.4, 0.5) is 5.69 Å². The van der Waals surface area contributed by atoms with E-state index in [1.165, 1.54) is 6.08 Å². The molecule has 1 atom stereocenters. The number of ether oxygens (including phenoxy) is 1. The highest BCUT2D eigenvalue weighted by Gasteiger charge is 2.03. The lowest BCUT2D eigenvalue weighted by atomic mass is 10.1. The summed E-state index contributed by atoms with van der Waals surface area (Å²) < 4.78 is 5.67. The van der Waals surface area contributed by atoms with Crippen LogP contribution in [-0.2, 0) is 4.79 Å². The summed E-state index contributed by atoms with van der Waals surface area (Å²) in [6.07, 6.45) is 5.19. The summed E-state index contributed by atoms with van der Waals surface area (Å²) in [6, 6.07) is 5.74. The van der Waals surface area contributed by atoms with Gasteiger partial charge in [0.2, 0.25) is 5.91 Å². The number of nitrogens with two attached hydrogens (primary N) is 1. The van der Waals surface area contributed by atoms with E-state index in [-0.39, 0.29) is 11.9 Å². The predicted molar refractivity (Wildman–Crippen MR) is 92.7 cm³/mol. The van der Waals surface area contributed by atoms with Gasteiger partial charge in [-0.05, 0) is 49.5 Å². The molecule has 0 saturated heterocycles. The Morgan fingerprint density at radius 2 is 2.09 bits per heavy atom. The molecule has 1 amide bonds. The molecule has 1 unspecified atom stereocenters. The summed E-state index contributed by atoms with van der Waals surface area (Å²) in [5.41, 5.74) is 7.46. The number of benzene rings is 1. The second kappa shape index (κ2) is 9.13. The highest BCUT2D eigenvalue weighted by Crippen LogP contribution is 2.23. The van der Waals surface area contributed by atoms with Crippen LogP contribution in [0.1, 0.15) is 46.1 Å². The molecule has 0 aliphatic carbocycles. The average Bonchev–Trinajstić information content (AvgIpc) is 2.46. The normalized spacial score (nSPS) is 12.6. The summed E-state index contributed by atoms with van der Waals surface area (Å²) in [4.78, 5) is 11.7. The molecule has 4 nitrogen and oxygen atoms in total. The number of anilines is 1. The van der Waals surface area contributed by atoms with Crippen LogP contribution in [-0.4, -0.2) is 18.6 Å². The lowest BCUT2D eigenvalue weighted by molar-refractivity contribution is -0.117. The van der Waals surface area contributed by atoms with Crippen molar-refractivity contribution in [3.8, 4) is 5.75 Å². The zero-order valence-electron chi connectivity index (χ0n) is 14.1. The summed E-state index contributed by atoms with van der Waals surface area (Å²) in [6.45, 7) is 8.99. The van der Waals surface area contributed by atoms with Crippen molar-refractivity contribution in [1.82, 2.24) is 5.32 Å². The smallest absolute Gasteiger partial charge is 0.244 e. The molecule has 0 aliphatic heterocycles. The minimum absolute atomic E-state index is 0.0924. The zero-order valence-corrected chi connectivity index (χ0v) is 14.1. The monoisotopic (exact) mass is 304 g/mol. The average molecular weight is 304 g/mol. The molecular weight excluding hydrogens is 276 g/mol. The van der Waals surface area contributed by atoms with Crippen LogP contribution in [0.2, 0.25) is 0 Å². The van der Waals surface area contributed by atoms with Crippen molar-refractivity contribution in [2.45, 2.75) is 46.6 Å². The maximum atomic E-state index is 11.7. The van der Waals surface area contributed by atoms with Crippen molar-refractivity contribution < 1.29 is 9.53 Å². The van der Waals surface area contributed by atoms with E-state index in [0.717, 1.165) is 18.4 Å². The first-order valence-corrected chi connectivity index (χ1v) is 7.93. The first-order chi connectivity index (χ1) is 10.4. The third kappa shape index (κ3) is 6.66. The summed E-state index contributed by atoms with van der Waals surface area (Å²) in [7, 11) is 0. The Morgan fingerprint density at radius 3 is 2.68 bits per heavy atom. The molecule has 1 aromatic rings. The minimum Gasteiger partial charge on any atom is -0.491 e. The van der Waals surface area contributed by atoms with Crippen LogP contribution in [0, 0.1) is 5.92 Å². The van der Waals surface area contributed by atoms with E-state index in [1.54, 1.807) is 6.08 Å². The van der Waals surface area contributed by atoms with Crippen molar-refractivity contribution in [1.29, 1.82) is 0 Å². The molecule has 0 spiro atoms. The number of nitrogens with one attached hydrogen (secondary N) is 1. The van der Waals surface area contributed by atoms with Gasteiger partial charge >= 0.3 is 0 Å². The van der Waals surface area contributed by atoms with Crippen LogP contribution in [0.5, 0.6) is 5.75 Å². The third-order valence-electron chi connectivity index (χ3n) is 3.41. The highest BCUT2D eigenvalue weighted by atomic mass is 16.5. The van der Waals surface area contributed by atoms with Crippen LogP contribution in [0.15, 0.2) is 24.3 Å². The molecule has 0 heterocycles. The fourth-order valence-electron chi connectivity index (χ4n) is 1.77. The summed E-state index contributed by atoms with van der Waals surface area (Å²) >= 11 is 0. The first-order valence-electron chi connectivity index (χ1n) is 7.93. The second-order valence-corrected chi connectivity index (χ2v) is 5.98. The van der Waals surface area contributed by atoms with Gasteiger partial charge in [-0.15, -0.1) is 0 Å². The van der Waals surface area contributed by atoms with E-state index < -0.39 is 0 Å². The van der Waals surface area contributed by atoms with Crippen molar-refractivity contribution in [3.63, 3.8) is 0 Å². The van der Waals surface area contributed by atoms with Crippen LogP contribution in [0.25, 0.3) is 6.08 Å². The van der Waals surface area contributed by atoms with Crippen molar-refractivity contribution in [3.05, 3.63) is 29.8 Å². The van der Waals surface area contributed by atoms with E-state index >= 15 is 0 Å². The molecule has 122 valence electrons. The van der Waals surface area contributed by atoms with Gasteiger partial charge in [-0.25, -0.2) is 0 Å². The number of carbonyl (C=O) groups is 1. The standard InChI is InChI=1S/C18H28N2O2/c1-5-14(4)20-18(21)9-7-15-6-8-17(16(19)12-15)22-11-10-13(2)3/h6-9,12-14H,5,10-11,19H2,1-4H3,(H,20,21)/b9-7-. The van der Waals surface area contributed by atoms with Crippen molar-refractivity contribution in [2.24, 2.45) is 5.92 Å². The molecule has 0 saturated carbocycles. The van der Waals surface area contributed by atoms with Gasteiger partial charge in [0.15, 0.2) is 0 Å². The first kappa shape index (κ1) is 18.1. The maximum absolute atomic E-state index is 11.7. The van der Waals surface area contributed by atoms with Gasteiger partial charge in [0.25, 0.3) is 0 Å². The van der Waals surface area contributed by atoms with Gasteiger partial charge in [0.05, 0.1) is 12.3 Å². The van der Waals surface area contributed by atoms with Crippen molar-refractivity contribution in [2.75, 3.05) is 12.3 Å². The molecule has 3 N–H and O–H groups in total. The molecule has 22 heavy (non-hydrogen) atoms. The van der Waals surface area contributed by atoms with Gasteiger partial charge < -0.3 is 15.8 Å². The molecular formula is C18H28N2O2. The zero-order chi connectivity index (χ0) is 16.5. The third-order valence-corrected chi connectivity index (χ3v) is 3.41. The van der Waals surface area contributed by atoms with Crippen LogP contribution in [0.3, 0.4) is 0 Å². The van der Waals surface area contributed by atoms with E-state index in [2.05, 4.69) is 19.2 Å². The fourth-order valence-corrected chi connectivity index (χ4v) is 1.77.